The monoisotopic (exact) mass is 274 g/mol. The summed E-state index contributed by atoms with van der Waals surface area (Å²) < 4.78 is 0. The summed E-state index contributed by atoms with van der Waals surface area (Å²) >= 11 is 0. The van der Waals surface area contributed by atoms with Crippen LogP contribution in [0, 0.1) is 11.8 Å². The van der Waals surface area contributed by atoms with Gasteiger partial charge in [0.05, 0.1) is 0 Å². The van der Waals surface area contributed by atoms with E-state index in [4.69, 9.17) is 0 Å². The molecule has 0 radical (unpaired) electrons. The molecule has 122 valence electrons. The van der Waals surface area contributed by atoms with Crippen LogP contribution in [0.1, 0.15) is 102 Å². The lowest BCUT2D eigenvalue weighted by atomic mass is 10.1. The van der Waals surface area contributed by atoms with Crippen molar-refractivity contribution in [3.8, 4) is 0 Å². The molecular weight excluding hydrogens is 228 g/mol. The molecule has 0 nitrogen and oxygen atoms in total. The van der Waals surface area contributed by atoms with Crippen LogP contribution in [0.3, 0.4) is 0 Å². The minimum atomic E-state index is 0.833. The molecule has 0 spiro atoms. The molecule has 1 aliphatic rings. The van der Waals surface area contributed by atoms with Gasteiger partial charge in [-0.2, -0.15) is 0 Å². The van der Waals surface area contributed by atoms with Gasteiger partial charge in [-0.15, -0.1) is 0 Å². The smallest absolute Gasteiger partial charge is 0.00815 e. The minimum absolute atomic E-state index is 0.833. The topological polar surface area (TPSA) is 0 Å². The van der Waals surface area contributed by atoms with Crippen molar-refractivity contribution in [1.82, 2.24) is 0 Å². The van der Waals surface area contributed by atoms with Crippen LogP contribution in [0.4, 0.5) is 0 Å². The predicted molar refractivity (Wildman–Crippen MR) is 98.1 cm³/mol. The molecule has 0 N–H and O–H groups in total. The Morgan fingerprint density at radius 2 is 0.895 bits per heavy atom. The SMILES string of the molecule is CC.CC.CC.CC1C=C1.CCC.CCC(C)CC. The van der Waals surface area contributed by atoms with Crippen LogP contribution in [0.5, 0.6) is 0 Å². The summed E-state index contributed by atoms with van der Waals surface area (Å²) in [6.45, 7) is 25.2. The van der Waals surface area contributed by atoms with E-state index in [0.29, 0.717) is 0 Å². The van der Waals surface area contributed by atoms with Crippen molar-refractivity contribution in [3.05, 3.63) is 12.2 Å². The van der Waals surface area contributed by atoms with E-state index in [-0.39, 0.29) is 0 Å². The summed E-state index contributed by atoms with van der Waals surface area (Å²) in [6.07, 6.45) is 8.24. The molecule has 1 aliphatic carbocycles. The van der Waals surface area contributed by atoms with Crippen molar-refractivity contribution in [2.75, 3.05) is 0 Å². The van der Waals surface area contributed by atoms with E-state index in [1.807, 2.05) is 41.5 Å². The fourth-order valence-electron chi connectivity index (χ4n) is 0.400. The van der Waals surface area contributed by atoms with Gasteiger partial charge in [0, 0.05) is 0 Å². The Kier molecular flexibility index (Phi) is 70.9. The summed E-state index contributed by atoms with van der Waals surface area (Å²) in [6, 6.07) is 0. The third kappa shape index (κ3) is 96.7. The minimum Gasteiger partial charge on any atom is -0.0813 e. The first kappa shape index (κ1) is 31.2. The van der Waals surface area contributed by atoms with Crippen molar-refractivity contribution >= 4 is 0 Å². The van der Waals surface area contributed by atoms with Crippen LogP contribution >= 0.6 is 0 Å². The molecule has 1 rings (SSSR count). The van der Waals surface area contributed by atoms with Crippen LogP contribution in [-0.4, -0.2) is 0 Å². The maximum Gasteiger partial charge on any atom is -0.00815 e. The van der Waals surface area contributed by atoms with Gasteiger partial charge in [0.25, 0.3) is 0 Å². The van der Waals surface area contributed by atoms with Crippen LogP contribution in [0.15, 0.2) is 12.2 Å². The summed E-state index contributed by atoms with van der Waals surface area (Å²) in [5, 5.41) is 0. The molecule has 0 aromatic carbocycles. The molecule has 0 heterocycles. The van der Waals surface area contributed by atoms with Crippen molar-refractivity contribution in [2.45, 2.75) is 102 Å². The molecule has 0 fully saturated rings. The summed E-state index contributed by atoms with van der Waals surface area (Å²) in [5.41, 5.74) is 0. The second kappa shape index (κ2) is 43.1. The Balaban J connectivity index is -0.0000000445. The van der Waals surface area contributed by atoms with Crippen LogP contribution in [0.25, 0.3) is 0 Å². The highest BCUT2D eigenvalue weighted by Crippen LogP contribution is 2.11. The fourth-order valence-corrected chi connectivity index (χ4v) is 0.400. The van der Waals surface area contributed by atoms with Crippen LogP contribution < -0.4 is 0 Å². The van der Waals surface area contributed by atoms with Crippen molar-refractivity contribution < 1.29 is 0 Å². The van der Waals surface area contributed by atoms with Gasteiger partial charge in [-0.25, -0.2) is 0 Å². The largest absolute Gasteiger partial charge is 0.0813 e. The molecule has 0 unspecified atom stereocenters. The average Bonchev–Trinajstić information content (AvgIpc) is 3.28. The molecule has 0 aromatic heterocycles. The number of hydrogen-bond acceptors (Lipinski definition) is 0. The zero-order chi connectivity index (χ0) is 16.7. The van der Waals surface area contributed by atoms with E-state index < -0.39 is 0 Å². The molecule has 0 saturated carbocycles. The highest BCUT2D eigenvalue weighted by atomic mass is 14.0. The molecule has 0 bridgehead atoms. The number of allylic oxidation sites excluding steroid dienone is 2. The molecule has 0 heteroatoms. The van der Waals surface area contributed by atoms with Gasteiger partial charge < -0.3 is 0 Å². The molecule has 0 aliphatic heterocycles. The Morgan fingerprint density at radius 1 is 0.737 bits per heavy atom. The van der Waals surface area contributed by atoms with Gasteiger partial charge in [0.15, 0.2) is 0 Å². The van der Waals surface area contributed by atoms with E-state index in [1.165, 1.54) is 19.3 Å². The molecule has 0 saturated heterocycles. The third-order valence-corrected chi connectivity index (χ3v) is 1.97. The standard InChI is InChI=1S/C6H14.C4H6.C3H8.3C2H6/c1-4-6(3)5-2;1-4-2-3-4;1-3-2;3*1-2/h6H,4-5H2,1-3H3;2-4H,1H3;3H2,1-2H3;3*1-2H3. The number of hydrogen-bond donors (Lipinski definition) is 0. The maximum atomic E-state index is 2.28. The average molecular weight is 275 g/mol. The normalized spacial score (nSPS) is 9.74. The molecular formula is C19H46. The van der Waals surface area contributed by atoms with E-state index in [9.17, 15) is 0 Å². The van der Waals surface area contributed by atoms with Gasteiger partial charge >= 0.3 is 0 Å². The van der Waals surface area contributed by atoms with Gasteiger partial charge in [-0.05, 0) is 11.8 Å². The van der Waals surface area contributed by atoms with Crippen molar-refractivity contribution in [3.63, 3.8) is 0 Å². The van der Waals surface area contributed by atoms with E-state index in [1.54, 1.807) is 0 Å². The lowest BCUT2D eigenvalue weighted by Gasteiger charge is -1.98. The quantitative estimate of drug-likeness (QED) is 0.446. The summed E-state index contributed by atoms with van der Waals surface area (Å²) in [4.78, 5) is 0. The van der Waals surface area contributed by atoms with Crippen LogP contribution in [-0.2, 0) is 0 Å². The lowest BCUT2D eigenvalue weighted by Crippen LogP contribution is -1.85. The second-order valence-electron chi connectivity index (χ2n) is 3.87. The Bertz CT molecular complexity index is 92.6. The molecule has 19 heavy (non-hydrogen) atoms. The zero-order valence-corrected chi connectivity index (χ0v) is 16.4. The van der Waals surface area contributed by atoms with Gasteiger partial charge in [0.2, 0.25) is 0 Å². The summed E-state index contributed by atoms with van der Waals surface area (Å²) in [7, 11) is 0. The first-order valence-electron chi connectivity index (χ1n) is 8.80. The van der Waals surface area contributed by atoms with E-state index in [2.05, 4.69) is 53.7 Å². The Labute approximate surface area is 127 Å². The fraction of sp³-hybridized carbons (Fsp3) is 0.895. The second-order valence-corrected chi connectivity index (χ2v) is 3.87. The maximum absolute atomic E-state index is 2.28. The van der Waals surface area contributed by atoms with Gasteiger partial charge in [0.1, 0.15) is 0 Å². The Morgan fingerprint density at radius 3 is 0.895 bits per heavy atom. The molecule has 0 amide bonds. The van der Waals surface area contributed by atoms with E-state index >= 15 is 0 Å². The van der Waals surface area contributed by atoms with Gasteiger partial charge in [-0.1, -0.05) is 114 Å². The highest BCUT2D eigenvalue weighted by Gasteiger charge is 1.97. The zero-order valence-electron chi connectivity index (χ0n) is 16.4. The third-order valence-electron chi connectivity index (χ3n) is 1.97. The van der Waals surface area contributed by atoms with Gasteiger partial charge in [-0.3, -0.25) is 0 Å². The molecule has 0 aromatic rings. The first-order chi connectivity index (χ1) is 9.12. The van der Waals surface area contributed by atoms with Crippen LogP contribution in [0.2, 0.25) is 0 Å². The van der Waals surface area contributed by atoms with Crippen molar-refractivity contribution in [2.24, 2.45) is 11.8 Å². The molecule has 0 atom stereocenters. The first-order valence-corrected chi connectivity index (χ1v) is 8.80. The van der Waals surface area contributed by atoms with E-state index in [0.717, 1.165) is 11.8 Å². The van der Waals surface area contributed by atoms with Crippen molar-refractivity contribution in [1.29, 1.82) is 0 Å². The highest BCUT2D eigenvalue weighted by molar-refractivity contribution is 5.10. The lowest BCUT2D eigenvalue weighted by molar-refractivity contribution is 0.544. The predicted octanol–water partition coefficient (Wildman–Crippen LogP) is 8.13. The number of rotatable bonds is 2. The summed E-state index contributed by atoms with van der Waals surface area (Å²) in [5.74, 6) is 1.77. The Hall–Kier alpha value is -0.260.